The number of sulfone groups is 1. The van der Waals surface area contributed by atoms with Crippen LogP contribution in [0.25, 0.3) is 22.2 Å². The zero-order valence-corrected chi connectivity index (χ0v) is 24.0. The Labute approximate surface area is 240 Å². The summed E-state index contributed by atoms with van der Waals surface area (Å²) < 4.78 is 27.9. The number of fused-ring (bicyclic) bond motifs is 1. The molecule has 1 heterocycles. The van der Waals surface area contributed by atoms with Crippen LogP contribution in [-0.2, 0) is 22.8 Å². The third-order valence-electron chi connectivity index (χ3n) is 7.21. The van der Waals surface area contributed by atoms with Crippen LogP contribution in [0, 0.1) is 6.92 Å². The minimum Gasteiger partial charge on any atom is -0.478 e. The lowest BCUT2D eigenvalue weighted by molar-refractivity contribution is 0.0697. The summed E-state index contributed by atoms with van der Waals surface area (Å²) in [6.07, 6.45) is 2.89. The van der Waals surface area contributed by atoms with Gasteiger partial charge in [0.2, 0.25) is 0 Å². The lowest BCUT2D eigenvalue weighted by Crippen LogP contribution is -2.15. The van der Waals surface area contributed by atoms with Gasteiger partial charge < -0.3 is 15.0 Å². The number of aromatic carboxylic acids is 1. The molecule has 210 valence electrons. The Morgan fingerprint density at radius 3 is 2.37 bits per heavy atom. The molecule has 0 spiro atoms. The smallest absolute Gasteiger partial charge is 0.336 e. The molecule has 5 aromatic rings. The van der Waals surface area contributed by atoms with Crippen molar-refractivity contribution in [3.05, 3.63) is 114 Å². The van der Waals surface area contributed by atoms with E-state index in [1.54, 1.807) is 42.5 Å². The quantitative estimate of drug-likeness (QED) is 0.179. The largest absolute Gasteiger partial charge is 0.478 e. The lowest BCUT2D eigenvalue weighted by Gasteiger charge is -2.13. The van der Waals surface area contributed by atoms with Crippen molar-refractivity contribution in [3.63, 3.8) is 0 Å². The molecule has 0 aliphatic rings. The van der Waals surface area contributed by atoms with Crippen molar-refractivity contribution in [2.75, 3.05) is 11.2 Å². The third-order valence-corrected chi connectivity index (χ3v) is 8.72. The first kappa shape index (κ1) is 28.1. The lowest BCUT2D eigenvalue weighted by atomic mass is 9.99. The SMILES string of the molecule is CCCCc1nc2c(C)cc(NCS(=O)(=O)c3ccccc3)cc2n1Cc1ccc(-c2ccccc2C(=O)O)cc1. The van der Waals surface area contributed by atoms with E-state index in [9.17, 15) is 18.3 Å². The van der Waals surface area contributed by atoms with Crippen molar-refractivity contribution in [1.29, 1.82) is 0 Å². The number of hydrogen-bond donors (Lipinski definition) is 2. The van der Waals surface area contributed by atoms with Crippen molar-refractivity contribution in [3.8, 4) is 11.1 Å². The fourth-order valence-corrected chi connectivity index (χ4v) is 6.12. The van der Waals surface area contributed by atoms with Gasteiger partial charge in [-0.25, -0.2) is 18.2 Å². The fourth-order valence-electron chi connectivity index (χ4n) is 5.03. The second kappa shape index (κ2) is 12.0. The number of benzene rings is 4. The molecule has 1 aromatic heterocycles. The van der Waals surface area contributed by atoms with E-state index in [2.05, 4.69) is 16.8 Å². The molecule has 0 fully saturated rings. The predicted molar refractivity (Wildman–Crippen MR) is 163 cm³/mol. The van der Waals surface area contributed by atoms with Crippen LogP contribution < -0.4 is 5.32 Å². The van der Waals surface area contributed by atoms with Gasteiger partial charge in [-0.3, -0.25) is 0 Å². The first-order chi connectivity index (χ1) is 19.8. The van der Waals surface area contributed by atoms with Crippen molar-refractivity contribution < 1.29 is 18.3 Å². The Morgan fingerprint density at radius 2 is 1.66 bits per heavy atom. The molecule has 0 saturated heterocycles. The molecule has 2 N–H and O–H groups in total. The summed E-state index contributed by atoms with van der Waals surface area (Å²) in [5.74, 6) is -0.177. The first-order valence-corrected chi connectivity index (χ1v) is 15.3. The molecule has 0 bridgehead atoms. The van der Waals surface area contributed by atoms with Crippen LogP contribution in [0.5, 0.6) is 0 Å². The molecule has 0 aliphatic carbocycles. The van der Waals surface area contributed by atoms with Crippen LogP contribution in [-0.4, -0.2) is 34.9 Å². The first-order valence-electron chi connectivity index (χ1n) is 13.7. The average Bonchev–Trinajstić information content (AvgIpc) is 3.33. The summed E-state index contributed by atoms with van der Waals surface area (Å²) >= 11 is 0. The summed E-state index contributed by atoms with van der Waals surface area (Å²) in [6.45, 7) is 4.73. The van der Waals surface area contributed by atoms with Crippen molar-refractivity contribution in [2.24, 2.45) is 0 Å². The van der Waals surface area contributed by atoms with Crippen molar-refractivity contribution in [1.82, 2.24) is 9.55 Å². The summed E-state index contributed by atoms with van der Waals surface area (Å²) in [5, 5.41) is 12.7. The van der Waals surface area contributed by atoms with E-state index in [1.165, 1.54) is 0 Å². The van der Waals surface area contributed by atoms with Gasteiger partial charge in [0.1, 0.15) is 11.7 Å². The molecule has 0 aliphatic heterocycles. The highest BCUT2D eigenvalue weighted by Gasteiger charge is 2.17. The topological polar surface area (TPSA) is 101 Å². The molecule has 0 unspecified atom stereocenters. The number of unbranched alkanes of at least 4 members (excludes halogenated alkanes) is 1. The number of carboxylic acids is 1. The van der Waals surface area contributed by atoms with E-state index >= 15 is 0 Å². The molecule has 41 heavy (non-hydrogen) atoms. The number of anilines is 1. The highest BCUT2D eigenvalue weighted by Crippen LogP contribution is 2.28. The van der Waals surface area contributed by atoms with E-state index in [4.69, 9.17) is 4.98 Å². The van der Waals surface area contributed by atoms with Gasteiger partial charge in [-0.15, -0.1) is 0 Å². The van der Waals surface area contributed by atoms with E-state index in [0.29, 0.717) is 12.1 Å². The van der Waals surface area contributed by atoms with E-state index in [0.717, 1.165) is 58.5 Å². The second-order valence-electron chi connectivity index (χ2n) is 10.2. The molecule has 0 saturated carbocycles. The highest BCUT2D eigenvalue weighted by molar-refractivity contribution is 7.91. The van der Waals surface area contributed by atoms with Gasteiger partial charge in [-0.05, 0) is 65.9 Å². The van der Waals surface area contributed by atoms with E-state index in [1.807, 2.05) is 55.5 Å². The van der Waals surface area contributed by atoms with Crippen molar-refractivity contribution >= 4 is 32.5 Å². The molecule has 8 heteroatoms. The fraction of sp³-hybridized carbons (Fsp3) is 0.212. The monoisotopic (exact) mass is 567 g/mol. The Kier molecular flexibility index (Phi) is 8.21. The number of aryl methyl sites for hydroxylation is 2. The Hall–Kier alpha value is -4.43. The zero-order valence-electron chi connectivity index (χ0n) is 23.2. The van der Waals surface area contributed by atoms with E-state index < -0.39 is 15.8 Å². The molecule has 5 rings (SSSR count). The average molecular weight is 568 g/mol. The predicted octanol–water partition coefficient (Wildman–Crippen LogP) is 6.94. The van der Waals surface area contributed by atoms with Gasteiger partial charge in [0.15, 0.2) is 9.84 Å². The van der Waals surface area contributed by atoms with Crippen LogP contribution in [0.1, 0.15) is 47.1 Å². The number of nitrogens with zero attached hydrogens (tertiary/aromatic N) is 2. The maximum Gasteiger partial charge on any atom is 0.336 e. The summed E-state index contributed by atoms with van der Waals surface area (Å²) in [4.78, 5) is 17.0. The molecule has 4 aromatic carbocycles. The Balaban J connectivity index is 1.46. The molecule has 7 nitrogen and oxygen atoms in total. The summed E-state index contributed by atoms with van der Waals surface area (Å²) in [5.41, 5.74) is 6.39. The van der Waals surface area contributed by atoms with Crippen LogP contribution in [0.3, 0.4) is 0 Å². The molecule has 0 amide bonds. The Bertz CT molecular complexity index is 1790. The Morgan fingerprint density at radius 1 is 0.951 bits per heavy atom. The van der Waals surface area contributed by atoms with Gasteiger partial charge in [-0.1, -0.05) is 74.0 Å². The van der Waals surface area contributed by atoms with Gasteiger partial charge in [0.25, 0.3) is 0 Å². The maximum atomic E-state index is 12.9. The number of rotatable bonds is 11. The highest BCUT2D eigenvalue weighted by atomic mass is 32.2. The number of hydrogen-bond acceptors (Lipinski definition) is 5. The van der Waals surface area contributed by atoms with Crippen molar-refractivity contribution in [2.45, 2.75) is 44.6 Å². The van der Waals surface area contributed by atoms with Gasteiger partial charge in [0, 0.05) is 18.7 Å². The standard InChI is InChI=1S/C33H33N3O4S/c1-3-4-14-31-35-32-23(2)19-26(34-22-41(39,40)27-10-6-5-7-11-27)20-30(32)36(31)21-24-15-17-25(18-16-24)28-12-8-9-13-29(28)33(37)38/h5-13,15-20,34H,3-4,14,21-22H2,1-2H3,(H,37,38). The summed E-state index contributed by atoms with van der Waals surface area (Å²) in [6, 6.07) is 27.3. The normalized spacial score (nSPS) is 11.6. The van der Waals surface area contributed by atoms with Crippen LogP contribution in [0.4, 0.5) is 5.69 Å². The van der Waals surface area contributed by atoms with E-state index in [-0.39, 0.29) is 16.3 Å². The second-order valence-corrected chi connectivity index (χ2v) is 12.2. The number of carboxylic acid groups (broad SMARTS) is 1. The van der Waals surface area contributed by atoms with Gasteiger partial charge in [-0.2, -0.15) is 0 Å². The van der Waals surface area contributed by atoms with Crippen LogP contribution in [0.2, 0.25) is 0 Å². The number of imidazole rings is 1. The molecular formula is C33H33N3O4S. The number of nitrogens with one attached hydrogen (secondary N) is 1. The minimum atomic E-state index is -3.50. The van der Waals surface area contributed by atoms with Gasteiger partial charge >= 0.3 is 5.97 Å². The number of carbonyl (C=O) groups is 1. The molecule has 0 atom stereocenters. The molecular weight excluding hydrogens is 534 g/mol. The minimum absolute atomic E-state index is 0.210. The number of aromatic nitrogens is 2. The third kappa shape index (κ3) is 6.18. The van der Waals surface area contributed by atoms with Gasteiger partial charge in [0.05, 0.1) is 21.5 Å². The maximum absolute atomic E-state index is 12.9. The zero-order chi connectivity index (χ0) is 29.0. The van der Waals surface area contributed by atoms with Crippen LogP contribution in [0.15, 0.2) is 95.9 Å². The van der Waals surface area contributed by atoms with Crippen LogP contribution >= 0.6 is 0 Å². The summed E-state index contributed by atoms with van der Waals surface area (Å²) in [7, 11) is -3.50. The molecule has 0 radical (unpaired) electrons.